The average molecular weight is 538 g/mol. The Hall–Kier alpha value is -2.74. The molecule has 5 N–H and O–H groups in total. The molecule has 4 rings (SSSR count). The summed E-state index contributed by atoms with van der Waals surface area (Å²) in [5.41, 5.74) is 7.48. The van der Waals surface area contributed by atoms with Crippen molar-refractivity contribution in [3.05, 3.63) is 58.9 Å². The highest BCUT2D eigenvalue weighted by atomic mass is 35.5. The predicted molar refractivity (Wildman–Crippen MR) is 150 cm³/mol. The molecule has 1 aliphatic carbocycles. The number of rotatable bonds is 7. The molecule has 0 bridgehead atoms. The van der Waals surface area contributed by atoms with Gasteiger partial charge in [-0.3, -0.25) is 5.41 Å². The van der Waals surface area contributed by atoms with E-state index in [0.29, 0.717) is 17.5 Å². The lowest BCUT2D eigenvalue weighted by atomic mass is 9.90. The molecule has 3 aromatic rings. The second-order valence-corrected chi connectivity index (χ2v) is 8.56. The fraction of sp³-hybridized carbons (Fsp3) is 0.320. The average Bonchev–Trinajstić information content (AvgIpc) is 2.80. The van der Waals surface area contributed by atoms with Crippen LogP contribution in [-0.2, 0) is 0 Å². The van der Waals surface area contributed by atoms with Crippen LogP contribution < -0.4 is 21.1 Å². The monoisotopic (exact) mass is 536 g/mol. The molecule has 1 fully saturated rings. The molecule has 0 saturated heterocycles. The van der Waals surface area contributed by atoms with Crippen LogP contribution >= 0.6 is 36.4 Å². The number of halogens is 3. The SMILES string of the molecule is CCOc1ccc2nc(/C=C\c3ccc(Cl)cc3)nc(NC3CCCCC3NC(=N)N)c2c1.Cl.Cl. The molecule has 0 spiro atoms. The third kappa shape index (κ3) is 7.62. The summed E-state index contributed by atoms with van der Waals surface area (Å²) in [6, 6.07) is 13.7. The quantitative estimate of drug-likeness (QED) is 0.221. The Morgan fingerprint density at radius 1 is 1.09 bits per heavy atom. The lowest BCUT2D eigenvalue weighted by Gasteiger charge is -2.33. The Balaban J connectivity index is 0.00000216. The first-order valence-electron chi connectivity index (χ1n) is 11.3. The van der Waals surface area contributed by atoms with Crippen LogP contribution in [0, 0.1) is 5.41 Å². The van der Waals surface area contributed by atoms with Crippen molar-refractivity contribution >= 4 is 71.2 Å². The van der Waals surface area contributed by atoms with E-state index in [-0.39, 0.29) is 42.9 Å². The van der Waals surface area contributed by atoms with Crippen LogP contribution in [0.3, 0.4) is 0 Å². The second kappa shape index (κ2) is 13.4. The first-order chi connectivity index (χ1) is 16.0. The molecule has 0 amide bonds. The van der Waals surface area contributed by atoms with E-state index in [1.54, 1.807) is 0 Å². The second-order valence-electron chi connectivity index (χ2n) is 8.13. The van der Waals surface area contributed by atoms with Crippen LogP contribution in [0.4, 0.5) is 5.82 Å². The van der Waals surface area contributed by atoms with E-state index in [1.165, 1.54) is 0 Å². The Kier molecular flexibility index (Phi) is 10.9. The minimum absolute atomic E-state index is 0. The number of aromatic nitrogens is 2. The number of nitrogens with two attached hydrogens (primary N) is 1. The number of ether oxygens (including phenoxy) is 1. The highest BCUT2D eigenvalue weighted by molar-refractivity contribution is 6.30. The van der Waals surface area contributed by atoms with Gasteiger partial charge < -0.3 is 21.1 Å². The van der Waals surface area contributed by atoms with Crippen molar-refractivity contribution < 1.29 is 4.74 Å². The minimum atomic E-state index is -0.00790. The predicted octanol–water partition coefficient (Wildman–Crippen LogP) is 5.90. The van der Waals surface area contributed by atoms with E-state index in [4.69, 9.17) is 37.4 Å². The maximum absolute atomic E-state index is 7.67. The largest absolute Gasteiger partial charge is 0.494 e. The van der Waals surface area contributed by atoms with Gasteiger partial charge in [0, 0.05) is 22.5 Å². The first-order valence-corrected chi connectivity index (χ1v) is 11.6. The number of anilines is 1. The van der Waals surface area contributed by atoms with Crippen molar-refractivity contribution in [1.29, 1.82) is 5.41 Å². The molecule has 1 heterocycles. The van der Waals surface area contributed by atoms with Crippen LogP contribution in [0.25, 0.3) is 23.1 Å². The minimum Gasteiger partial charge on any atom is -0.494 e. The molecular weight excluding hydrogens is 507 g/mol. The number of hydrogen-bond donors (Lipinski definition) is 4. The van der Waals surface area contributed by atoms with E-state index in [2.05, 4.69) is 10.6 Å². The number of nitrogens with one attached hydrogen (secondary N) is 3. The summed E-state index contributed by atoms with van der Waals surface area (Å²) in [5.74, 6) is 2.13. The summed E-state index contributed by atoms with van der Waals surface area (Å²) in [5, 5.41) is 16.0. The summed E-state index contributed by atoms with van der Waals surface area (Å²) in [6.07, 6.45) is 8.01. The number of fused-ring (bicyclic) bond motifs is 1. The zero-order valence-electron chi connectivity index (χ0n) is 19.5. The lowest BCUT2D eigenvalue weighted by molar-refractivity contribution is 0.340. The zero-order valence-corrected chi connectivity index (χ0v) is 21.8. The van der Waals surface area contributed by atoms with E-state index >= 15 is 0 Å². The summed E-state index contributed by atoms with van der Waals surface area (Å²) in [7, 11) is 0. The molecule has 1 aromatic heterocycles. The standard InChI is InChI=1S/C25H29ClN6O.2ClH/c1-2-33-18-12-13-20-19(15-18)24(30-21-5-3-4-6-22(21)31-25(27)28)32-23(29-20)14-9-16-7-10-17(26)11-8-16;;/h7-15,21-22H,2-6H2,1H3,(H4,27,28,31)(H,29,30,32);2*1H/b14-9-;;. The molecule has 0 aliphatic heterocycles. The van der Waals surface area contributed by atoms with Crippen LogP contribution in [-0.4, -0.2) is 34.6 Å². The van der Waals surface area contributed by atoms with Gasteiger partial charge in [0.15, 0.2) is 11.8 Å². The van der Waals surface area contributed by atoms with Crippen molar-refractivity contribution in [2.45, 2.75) is 44.7 Å². The van der Waals surface area contributed by atoms with Gasteiger partial charge in [0.2, 0.25) is 0 Å². The molecular formula is C25H31Cl3N6O. The smallest absolute Gasteiger partial charge is 0.185 e. The van der Waals surface area contributed by atoms with Crippen LogP contribution in [0.1, 0.15) is 44.0 Å². The van der Waals surface area contributed by atoms with Gasteiger partial charge in [0.1, 0.15) is 11.6 Å². The third-order valence-corrected chi connectivity index (χ3v) is 5.97. The number of hydrogen-bond acceptors (Lipinski definition) is 5. The molecule has 0 radical (unpaired) electrons. The third-order valence-electron chi connectivity index (χ3n) is 5.72. The van der Waals surface area contributed by atoms with Crippen LogP contribution in [0.15, 0.2) is 42.5 Å². The van der Waals surface area contributed by atoms with Gasteiger partial charge in [-0.05, 0) is 61.7 Å². The summed E-state index contributed by atoms with van der Waals surface area (Å²) in [4.78, 5) is 9.58. The van der Waals surface area contributed by atoms with Gasteiger partial charge in [-0.15, -0.1) is 24.8 Å². The fourth-order valence-corrected chi connectivity index (χ4v) is 4.29. The summed E-state index contributed by atoms with van der Waals surface area (Å²) in [6.45, 7) is 2.55. The van der Waals surface area contributed by atoms with Gasteiger partial charge in [-0.1, -0.05) is 42.7 Å². The van der Waals surface area contributed by atoms with Gasteiger partial charge in [-0.25, -0.2) is 9.97 Å². The van der Waals surface area contributed by atoms with Crippen LogP contribution in [0.5, 0.6) is 5.75 Å². The Labute approximate surface area is 223 Å². The number of nitrogens with zero attached hydrogens (tertiary/aromatic N) is 2. The Morgan fingerprint density at radius 3 is 2.49 bits per heavy atom. The fourth-order valence-electron chi connectivity index (χ4n) is 4.16. The van der Waals surface area contributed by atoms with Crippen molar-refractivity contribution in [2.24, 2.45) is 5.73 Å². The summed E-state index contributed by atoms with van der Waals surface area (Å²) < 4.78 is 5.71. The van der Waals surface area contributed by atoms with E-state index in [9.17, 15) is 0 Å². The molecule has 7 nitrogen and oxygen atoms in total. The number of benzene rings is 2. The molecule has 10 heteroatoms. The highest BCUT2D eigenvalue weighted by Crippen LogP contribution is 2.29. The highest BCUT2D eigenvalue weighted by Gasteiger charge is 2.26. The maximum Gasteiger partial charge on any atom is 0.185 e. The Morgan fingerprint density at radius 2 is 1.80 bits per heavy atom. The van der Waals surface area contributed by atoms with Crippen molar-refractivity contribution in [1.82, 2.24) is 15.3 Å². The number of guanidine groups is 1. The molecule has 188 valence electrons. The van der Waals surface area contributed by atoms with Crippen molar-refractivity contribution in [2.75, 3.05) is 11.9 Å². The van der Waals surface area contributed by atoms with Gasteiger partial charge >= 0.3 is 0 Å². The maximum atomic E-state index is 7.67. The van der Waals surface area contributed by atoms with Gasteiger partial charge in [0.05, 0.1) is 12.1 Å². The molecule has 1 aliphatic rings. The molecule has 2 unspecified atom stereocenters. The van der Waals surface area contributed by atoms with Crippen LogP contribution in [0.2, 0.25) is 5.02 Å². The molecule has 35 heavy (non-hydrogen) atoms. The van der Waals surface area contributed by atoms with Crippen molar-refractivity contribution in [3.8, 4) is 5.75 Å². The summed E-state index contributed by atoms with van der Waals surface area (Å²) >= 11 is 5.99. The molecule has 1 saturated carbocycles. The van der Waals surface area contributed by atoms with Gasteiger partial charge in [0.25, 0.3) is 0 Å². The lowest BCUT2D eigenvalue weighted by Crippen LogP contribution is -2.50. The Bertz CT molecular complexity index is 1160. The van der Waals surface area contributed by atoms with E-state index in [0.717, 1.165) is 53.7 Å². The zero-order chi connectivity index (χ0) is 23.2. The molecule has 2 atom stereocenters. The van der Waals surface area contributed by atoms with E-state index < -0.39 is 0 Å². The van der Waals surface area contributed by atoms with Gasteiger partial charge in [-0.2, -0.15) is 0 Å². The van der Waals surface area contributed by atoms with Crippen molar-refractivity contribution in [3.63, 3.8) is 0 Å². The molecule has 2 aromatic carbocycles. The normalized spacial score (nSPS) is 17.3. The topological polar surface area (TPSA) is 109 Å². The van der Waals surface area contributed by atoms with E-state index in [1.807, 2.05) is 61.5 Å². The first kappa shape index (κ1) is 28.5.